The Morgan fingerprint density at radius 2 is 1.92 bits per heavy atom. The number of halogens is 2. The van der Waals surface area contributed by atoms with Crippen LogP contribution in [0.25, 0.3) is 0 Å². The van der Waals surface area contributed by atoms with E-state index in [4.69, 9.17) is 21.1 Å². The monoisotopic (exact) mass is 381 g/mol. The second-order valence-corrected chi connectivity index (χ2v) is 6.87. The van der Waals surface area contributed by atoms with Gasteiger partial charge in [-0.05, 0) is 38.2 Å². The zero-order valence-corrected chi connectivity index (χ0v) is 16.2. The highest BCUT2D eigenvalue weighted by atomic mass is 35.5. The van der Waals surface area contributed by atoms with Crippen molar-refractivity contribution in [1.29, 1.82) is 0 Å². The summed E-state index contributed by atoms with van der Waals surface area (Å²) in [6, 6.07) is 16.4. The van der Waals surface area contributed by atoms with Crippen molar-refractivity contribution in [3.8, 4) is 5.75 Å². The van der Waals surface area contributed by atoms with Crippen molar-refractivity contribution in [2.45, 2.75) is 18.4 Å². The van der Waals surface area contributed by atoms with Gasteiger partial charge in [-0.3, -0.25) is 0 Å². The first kappa shape index (κ1) is 20.1. The predicted molar refractivity (Wildman–Crippen MR) is 105 cm³/mol. The fourth-order valence-corrected chi connectivity index (χ4v) is 3.30. The van der Waals surface area contributed by atoms with Crippen LogP contribution in [-0.4, -0.2) is 38.8 Å². The standard InChI is InChI=1S/C20H24ClNO2.ClH/c1-22(2)11-13-24-20-17(15-6-4-3-5-7-15)10-12-23-19-14-16(21)8-9-18(19)20;/h3-9,14,17,20H,10-13H2,1-2H3;1H/t17-,20+;/m1./s1. The molecule has 3 nitrogen and oxygen atoms in total. The highest BCUT2D eigenvalue weighted by Crippen LogP contribution is 2.43. The number of nitrogens with zero attached hydrogens (tertiary/aromatic N) is 1. The van der Waals surface area contributed by atoms with Crippen molar-refractivity contribution < 1.29 is 9.47 Å². The molecule has 0 fully saturated rings. The van der Waals surface area contributed by atoms with E-state index in [9.17, 15) is 0 Å². The summed E-state index contributed by atoms with van der Waals surface area (Å²) < 4.78 is 12.3. The second kappa shape index (κ2) is 9.44. The number of ether oxygens (including phenoxy) is 2. The van der Waals surface area contributed by atoms with E-state index in [2.05, 4.69) is 43.3 Å². The van der Waals surface area contributed by atoms with Crippen molar-refractivity contribution in [2.75, 3.05) is 33.9 Å². The van der Waals surface area contributed by atoms with Gasteiger partial charge >= 0.3 is 0 Å². The van der Waals surface area contributed by atoms with E-state index in [0.717, 1.165) is 24.3 Å². The summed E-state index contributed by atoms with van der Waals surface area (Å²) in [5, 5.41) is 0.693. The number of likely N-dealkylation sites (N-methyl/N-ethyl adjacent to an activating group) is 1. The largest absolute Gasteiger partial charge is 0.493 e. The number of rotatable bonds is 5. The van der Waals surface area contributed by atoms with Crippen LogP contribution >= 0.6 is 24.0 Å². The van der Waals surface area contributed by atoms with Crippen molar-refractivity contribution in [1.82, 2.24) is 4.90 Å². The molecule has 0 radical (unpaired) electrons. The molecule has 1 aliphatic rings. The van der Waals surface area contributed by atoms with Crippen LogP contribution in [0.2, 0.25) is 5.02 Å². The minimum Gasteiger partial charge on any atom is -0.493 e. The van der Waals surface area contributed by atoms with Gasteiger partial charge in [-0.1, -0.05) is 48.0 Å². The van der Waals surface area contributed by atoms with E-state index in [-0.39, 0.29) is 24.4 Å². The highest BCUT2D eigenvalue weighted by Gasteiger charge is 2.30. The smallest absolute Gasteiger partial charge is 0.126 e. The lowest BCUT2D eigenvalue weighted by Crippen LogP contribution is -2.22. The quantitative estimate of drug-likeness (QED) is 0.731. The molecule has 2 atom stereocenters. The van der Waals surface area contributed by atoms with Gasteiger partial charge in [0, 0.05) is 23.0 Å². The average Bonchev–Trinajstić information content (AvgIpc) is 2.74. The van der Waals surface area contributed by atoms with Gasteiger partial charge in [0.25, 0.3) is 0 Å². The predicted octanol–water partition coefficient (Wildman–Crippen LogP) is 4.95. The third-order valence-electron chi connectivity index (χ3n) is 4.40. The van der Waals surface area contributed by atoms with Crippen LogP contribution in [0, 0.1) is 0 Å². The van der Waals surface area contributed by atoms with E-state index in [0.29, 0.717) is 18.2 Å². The Morgan fingerprint density at radius 3 is 2.64 bits per heavy atom. The summed E-state index contributed by atoms with van der Waals surface area (Å²) in [5.74, 6) is 1.12. The molecular weight excluding hydrogens is 357 g/mol. The van der Waals surface area contributed by atoms with E-state index in [1.54, 1.807) is 0 Å². The Bertz CT molecular complexity index is 664. The number of fused-ring (bicyclic) bond motifs is 1. The van der Waals surface area contributed by atoms with Gasteiger partial charge < -0.3 is 14.4 Å². The first-order valence-electron chi connectivity index (χ1n) is 8.38. The zero-order chi connectivity index (χ0) is 16.9. The van der Waals surface area contributed by atoms with Gasteiger partial charge in [0.15, 0.2) is 0 Å². The first-order chi connectivity index (χ1) is 11.6. The molecule has 1 heterocycles. The lowest BCUT2D eigenvalue weighted by molar-refractivity contribution is 0.0249. The molecule has 0 aliphatic carbocycles. The summed E-state index contributed by atoms with van der Waals surface area (Å²) in [4.78, 5) is 2.13. The van der Waals surface area contributed by atoms with E-state index in [1.165, 1.54) is 5.56 Å². The maximum atomic E-state index is 6.34. The van der Waals surface area contributed by atoms with Crippen LogP contribution in [-0.2, 0) is 4.74 Å². The van der Waals surface area contributed by atoms with Crippen molar-refractivity contribution in [2.24, 2.45) is 0 Å². The molecule has 5 heteroatoms. The van der Waals surface area contributed by atoms with Gasteiger partial charge in [0.1, 0.15) is 5.75 Å². The fraction of sp³-hybridized carbons (Fsp3) is 0.400. The van der Waals surface area contributed by atoms with Crippen LogP contribution < -0.4 is 4.74 Å². The molecule has 25 heavy (non-hydrogen) atoms. The molecule has 0 bridgehead atoms. The molecule has 0 spiro atoms. The number of hydrogen-bond acceptors (Lipinski definition) is 3. The Hall–Kier alpha value is -1.26. The van der Waals surface area contributed by atoms with E-state index >= 15 is 0 Å². The van der Waals surface area contributed by atoms with Crippen LogP contribution in [0.4, 0.5) is 0 Å². The summed E-state index contributed by atoms with van der Waals surface area (Å²) in [5.41, 5.74) is 2.38. The fourth-order valence-electron chi connectivity index (χ4n) is 3.14. The second-order valence-electron chi connectivity index (χ2n) is 6.43. The molecule has 3 rings (SSSR count). The molecule has 0 unspecified atom stereocenters. The Labute approximate surface area is 161 Å². The minimum absolute atomic E-state index is 0. The molecule has 1 aliphatic heterocycles. The van der Waals surface area contributed by atoms with Crippen LogP contribution in [0.5, 0.6) is 5.75 Å². The molecule has 0 amide bonds. The SMILES string of the molecule is CN(C)CCO[C@@H]1c2ccc(Cl)cc2OCC[C@@H]1c1ccccc1.Cl. The number of hydrogen-bond donors (Lipinski definition) is 0. The molecule has 0 saturated carbocycles. The summed E-state index contributed by atoms with van der Waals surface area (Å²) >= 11 is 6.15. The maximum Gasteiger partial charge on any atom is 0.126 e. The molecule has 136 valence electrons. The Balaban J connectivity index is 0.00000225. The molecule has 2 aromatic rings. The lowest BCUT2D eigenvalue weighted by atomic mass is 9.87. The summed E-state index contributed by atoms with van der Waals surface area (Å²) in [6.07, 6.45) is 0.894. The lowest BCUT2D eigenvalue weighted by Gasteiger charge is -2.27. The van der Waals surface area contributed by atoms with Crippen LogP contribution in [0.3, 0.4) is 0 Å². The van der Waals surface area contributed by atoms with Crippen LogP contribution in [0.1, 0.15) is 29.6 Å². The van der Waals surface area contributed by atoms with Crippen molar-refractivity contribution in [3.63, 3.8) is 0 Å². The van der Waals surface area contributed by atoms with E-state index in [1.807, 2.05) is 24.3 Å². The molecule has 0 aromatic heterocycles. The van der Waals surface area contributed by atoms with Crippen LogP contribution in [0.15, 0.2) is 48.5 Å². The van der Waals surface area contributed by atoms with Gasteiger partial charge in [-0.25, -0.2) is 0 Å². The third-order valence-corrected chi connectivity index (χ3v) is 4.63. The van der Waals surface area contributed by atoms with Crippen molar-refractivity contribution >= 4 is 24.0 Å². The third kappa shape index (κ3) is 5.11. The summed E-state index contributed by atoms with van der Waals surface area (Å²) in [6.45, 7) is 2.24. The molecule has 0 saturated heterocycles. The van der Waals surface area contributed by atoms with Crippen molar-refractivity contribution in [3.05, 3.63) is 64.7 Å². The first-order valence-corrected chi connectivity index (χ1v) is 8.76. The van der Waals surface area contributed by atoms with Gasteiger partial charge in [0.2, 0.25) is 0 Å². The van der Waals surface area contributed by atoms with Gasteiger partial charge in [-0.2, -0.15) is 0 Å². The Morgan fingerprint density at radius 1 is 1.16 bits per heavy atom. The topological polar surface area (TPSA) is 21.7 Å². The Kier molecular flexibility index (Phi) is 7.57. The van der Waals surface area contributed by atoms with Gasteiger partial charge in [-0.15, -0.1) is 12.4 Å². The highest BCUT2D eigenvalue weighted by molar-refractivity contribution is 6.30. The number of benzene rings is 2. The zero-order valence-electron chi connectivity index (χ0n) is 14.7. The summed E-state index contributed by atoms with van der Waals surface area (Å²) in [7, 11) is 4.12. The maximum absolute atomic E-state index is 6.34. The molecular formula is C20H25Cl2NO2. The normalized spacial score (nSPS) is 19.5. The average molecular weight is 382 g/mol. The molecule has 2 aromatic carbocycles. The van der Waals surface area contributed by atoms with Gasteiger partial charge in [0.05, 0.1) is 19.3 Å². The molecule has 0 N–H and O–H groups in total. The van der Waals surface area contributed by atoms with E-state index < -0.39 is 0 Å². The minimum atomic E-state index is -0.0258.